The van der Waals surface area contributed by atoms with Crippen molar-refractivity contribution in [1.29, 1.82) is 0 Å². The Labute approximate surface area is 156 Å². The third-order valence-electron chi connectivity index (χ3n) is 4.79. The van der Waals surface area contributed by atoms with Gasteiger partial charge in [-0.05, 0) is 42.8 Å². The van der Waals surface area contributed by atoms with Crippen LogP contribution in [0, 0.1) is 6.92 Å². The summed E-state index contributed by atoms with van der Waals surface area (Å²) in [5.74, 6) is 2.17. The normalized spacial score (nSPS) is 12.9. The smallest absolute Gasteiger partial charge is 0.228 e. The maximum absolute atomic E-state index is 11.5. The summed E-state index contributed by atoms with van der Waals surface area (Å²) in [7, 11) is 0. The Morgan fingerprint density at radius 3 is 2.63 bits per heavy atom. The van der Waals surface area contributed by atoms with Crippen LogP contribution in [0.15, 0.2) is 65.1 Å². The highest BCUT2D eigenvalue weighted by atomic mass is 16.3. The van der Waals surface area contributed by atoms with E-state index in [9.17, 15) is 4.79 Å². The van der Waals surface area contributed by atoms with E-state index in [1.807, 2.05) is 67.6 Å². The molecule has 0 unspecified atom stereocenters. The Kier molecular flexibility index (Phi) is 3.47. The molecule has 1 amide bonds. The van der Waals surface area contributed by atoms with E-state index in [1.54, 1.807) is 0 Å². The number of nitrogens with one attached hydrogen (secondary N) is 2. The van der Waals surface area contributed by atoms with Gasteiger partial charge in [-0.25, -0.2) is 4.98 Å². The SMILES string of the molecule is Cc1[nH]c(-c2ccc(-c3ccc4c(c3)CC(=O)N4)o2)nc1-c1ccccc1. The van der Waals surface area contributed by atoms with Gasteiger partial charge in [0.1, 0.15) is 5.76 Å². The van der Waals surface area contributed by atoms with E-state index in [-0.39, 0.29) is 5.91 Å². The summed E-state index contributed by atoms with van der Waals surface area (Å²) >= 11 is 0. The molecule has 132 valence electrons. The minimum Gasteiger partial charge on any atom is -0.453 e. The molecule has 5 heteroatoms. The average Bonchev–Trinajstić information content (AvgIpc) is 3.38. The molecule has 5 rings (SSSR count). The number of imidazole rings is 1. The molecule has 1 aliphatic heterocycles. The fourth-order valence-corrected chi connectivity index (χ4v) is 3.46. The number of anilines is 1. The summed E-state index contributed by atoms with van der Waals surface area (Å²) in [6.07, 6.45) is 0.411. The highest BCUT2D eigenvalue weighted by Gasteiger charge is 2.19. The molecule has 0 spiro atoms. The van der Waals surface area contributed by atoms with Crippen molar-refractivity contribution in [3.05, 3.63) is 71.9 Å². The van der Waals surface area contributed by atoms with Crippen LogP contribution in [-0.2, 0) is 11.2 Å². The van der Waals surface area contributed by atoms with Gasteiger partial charge in [-0.3, -0.25) is 4.79 Å². The highest BCUT2D eigenvalue weighted by molar-refractivity contribution is 5.99. The quantitative estimate of drug-likeness (QED) is 0.554. The lowest BCUT2D eigenvalue weighted by Crippen LogP contribution is -2.03. The summed E-state index contributed by atoms with van der Waals surface area (Å²) in [5, 5.41) is 2.85. The van der Waals surface area contributed by atoms with Gasteiger partial charge in [0.2, 0.25) is 5.91 Å². The zero-order valence-electron chi connectivity index (χ0n) is 14.7. The van der Waals surface area contributed by atoms with Crippen molar-refractivity contribution in [2.45, 2.75) is 13.3 Å². The lowest BCUT2D eigenvalue weighted by Gasteiger charge is -2.01. The standard InChI is InChI=1S/C22H17N3O2/c1-13-21(14-5-3-2-4-6-14)25-22(23-13)19-10-9-18(27-19)15-7-8-17-16(11-15)12-20(26)24-17/h2-11H,12H2,1H3,(H,23,25)(H,24,26). The van der Waals surface area contributed by atoms with Crippen LogP contribution < -0.4 is 5.32 Å². The van der Waals surface area contributed by atoms with Gasteiger partial charge in [-0.15, -0.1) is 0 Å². The number of rotatable bonds is 3. The Hall–Kier alpha value is -3.60. The minimum absolute atomic E-state index is 0.0294. The minimum atomic E-state index is 0.0294. The van der Waals surface area contributed by atoms with Crippen LogP contribution in [-0.4, -0.2) is 15.9 Å². The fraction of sp³-hybridized carbons (Fsp3) is 0.0909. The third-order valence-corrected chi connectivity index (χ3v) is 4.79. The molecular formula is C22H17N3O2. The second-order valence-electron chi connectivity index (χ2n) is 6.69. The highest BCUT2D eigenvalue weighted by Crippen LogP contribution is 2.33. The molecular weight excluding hydrogens is 338 g/mol. The number of hydrogen-bond acceptors (Lipinski definition) is 3. The monoisotopic (exact) mass is 355 g/mol. The van der Waals surface area contributed by atoms with Gasteiger partial charge >= 0.3 is 0 Å². The van der Waals surface area contributed by atoms with Gasteiger partial charge in [0.25, 0.3) is 0 Å². The molecule has 0 fully saturated rings. The molecule has 3 heterocycles. The number of aromatic amines is 1. The predicted octanol–water partition coefficient (Wildman–Crippen LogP) is 4.81. The molecule has 4 aromatic rings. The first kappa shape index (κ1) is 15.6. The summed E-state index contributed by atoms with van der Waals surface area (Å²) in [6, 6.07) is 19.8. The zero-order valence-corrected chi connectivity index (χ0v) is 14.7. The van der Waals surface area contributed by atoms with E-state index in [1.165, 1.54) is 0 Å². The number of nitrogens with zero attached hydrogens (tertiary/aromatic N) is 1. The number of carbonyl (C=O) groups is 1. The third kappa shape index (κ3) is 2.73. The lowest BCUT2D eigenvalue weighted by atomic mass is 10.1. The van der Waals surface area contributed by atoms with E-state index in [2.05, 4.69) is 10.3 Å². The molecule has 0 radical (unpaired) electrons. The van der Waals surface area contributed by atoms with Crippen LogP contribution in [0.25, 0.3) is 34.2 Å². The van der Waals surface area contributed by atoms with Gasteiger partial charge in [0.05, 0.1) is 12.1 Å². The molecule has 0 bridgehead atoms. The van der Waals surface area contributed by atoms with Crippen molar-refractivity contribution in [1.82, 2.24) is 9.97 Å². The number of H-pyrrole nitrogens is 1. The van der Waals surface area contributed by atoms with Gasteiger partial charge in [-0.2, -0.15) is 0 Å². The van der Waals surface area contributed by atoms with Crippen molar-refractivity contribution >= 4 is 11.6 Å². The second-order valence-corrected chi connectivity index (χ2v) is 6.69. The molecule has 2 N–H and O–H groups in total. The second kappa shape index (κ2) is 5.99. The molecule has 2 aromatic carbocycles. The van der Waals surface area contributed by atoms with Crippen LogP contribution in [0.4, 0.5) is 5.69 Å². The molecule has 1 aliphatic rings. The molecule has 27 heavy (non-hydrogen) atoms. The predicted molar refractivity (Wildman–Crippen MR) is 104 cm³/mol. The van der Waals surface area contributed by atoms with Gasteiger partial charge in [0.15, 0.2) is 11.6 Å². The first-order valence-corrected chi connectivity index (χ1v) is 8.83. The van der Waals surface area contributed by atoms with Crippen molar-refractivity contribution in [2.24, 2.45) is 0 Å². The van der Waals surface area contributed by atoms with E-state index >= 15 is 0 Å². The van der Waals surface area contributed by atoms with Crippen molar-refractivity contribution < 1.29 is 9.21 Å². The molecule has 0 aliphatic carbocycles. The number of aromatic nitrogens is 2. The van der Waals surface area contributed by atoms with Gasteiger partial charge < -0.3 is 14.7 Å². The Bertz CT molecular complexity index is 1160. The summed E-state index contributed by atoms with van der Waals surface area (Å²) in [5.41, 5.74) is 5.81. The Balaban J connectivity index is 1.48. The largest absolute Gasteiger partial charge is 0.453 e. The Morgan fingerprint density at radius 2 is 1.78 bits per heavy atom. The number of fused-ring (bicyclic) bond motifs is 1. The molecule has 0 atom stereocenters. The number of hydrogen-bond donors (Lipinski definition) is 2. The van der Waals surface area contributed by atoms with Crippen molar-refractivity contribution in [2.75, 3.05) is 5.32 Å². The average molecular weight is 355 g/mol. The van der Waals surface area contributed by atoms with Crippen LogP contribution in [0.1, 0.15) is 11.3 Å². The number of furan rings is 1. The summed E-state index contributed by atoms with van der Waals surface area (Å²) in [6.45, 7) is 2.01. The molecule has 5 nitrogen and oxygen atoms in total. The maximum atomic E-state index is 11.5. The van der Waals surface area contributed by atoms with Crippen LogP contribution in [0.3, 0.4) is 0 Å². The zero-order chi connectivity index (χ0) is 18.4. The summed E-state index contributed by atoms with van der Waals surface area (Å²) < 4.78 is 6.05. The number of amides is 1. The number of aryl methyl sites for hydroxylation is 1. The van der Waals surface area contributed by atoms with Crippen molar-refractivity contribution in [3.8, 4) is 34.2 Å². The summed E-state index contributed by atoms with van der Waals surface area (Å²) in [4.78, 5) is 19.6. The molecule has 0 saturated heterocycles. The van der Waals surface area contributed by atoms with Crippen LogP contribution in [0.5, 0.6) is 0 Å². The number of benzene rings is 2. The Morgan fingerprint density at radius 1 is 0.963 bits per heavy atom. The van der Waals surface area contributed by atoms with E-state index in [4.69, 9.17) is 9.40 Å². The maximum Gasteiger partial charge on any atom is 0.228 e. The van der Waals surface area contributed by atoms with Gasteiger partial charge in [-0.1, -0.05) is 30.3 Å². The first-order chi connectivity index (χ1) is 13.2. The topological polar surface area (TPSA) is 70.9 Å². The first-order valence-electron chi connectivity index (χ1n) is 8.83. The van der Waals surface area contributed by atoms with Gasteiger partial charge in [0, 0.05) is 22.5 Å². The van der Waals surface area contributed by atoms with E-state index in [0.29, 0.717) is 18.0 Å². The van der Waals surface area contributed by atoms with E-state index < -0.39 is 0 Å². The number of carbonyl (C=O) groups excluding carboxylic acids is 1. The van der Waals surface area contributed by atoms with E-state index in [0.717, 1.165) is 39.5 Å². The fourth-order valence-electron chi connectivity index (χ4n) is 3.46. The molecule has 0 saturated carbocycles. The molecule has 2 aromatic heterocycles. The van der Waals surface area contributed by atoms with Crippen LogP contribution in [0.2, 0.25) is 0 Å². The lowest BCUT2D eigenvalue weighted by molar-refractivity contribution is -0.115. The van der Waals surface area contributed by atoms with Crippen LogP contribution >= 0.6 is 0 Å². The van der Waals surface area contributed by atoms with Crippen molar-refractivity contribution in [3.63, 3.8) is 0 Å².